The van der Waals surface area contributed by atoms with Crippen molar-refractivity contribution in [3.63, 3.8) is 0 Å². The van der Waals surface area contributed by atoms with Crippen molar-refractivity contribution in [2.75, 3.05) is 31.4 Å². The predicted octanol–water partition coefficient (Wildman–Crippen LogP) is 3.81. The van der Waals surface area contributed by atoms with Crippen molar-refractivity contribution in [1.29, 1.82) is 0 Å². The lowest BCUT2D eigenvalue weighted by atomic mass is 10.1. The van der Waals surface area contributed by atoms with Crippen molar-refractivity contribution < 1.29 is 9.47 Å². The third-order valence-corrected chi connectivity index (χ3v) is 4.30. The first-order chi connectivity index (χ1) is 13.7. The van der Waals surface area contributed by atoms with Gasteiger partial charge in [0.1, 0.15) is 0 Å². The lowest BCUT2D eigenvalue weighted by Gasteiger charge is -2.11. The maximum Gasteiger partial charge on any atom is 0.244 e. The van der Waals surface area contributed by atoms with Gasteiger partial charge >= 0.3 is 0 Å². The molecule has 3 aromatic rings. The number of rotatable bonds is 9. The first kappa shape index (κ1) is 19.7. The number of aromatic nitrogens is 3. The van der Waals surface area contributed by atoms with Crippen LogP contribution in [0.3, 0.4) is 0 Å². The Morgan fingerprint density at radius 2 is 1.82 bits per heavy atom. The Hall–Kier alpha value is -3.06. The minimum Gasteiger partial charge on any atom is -0.493 e. The van der Waals surface area contributed by atoms with Crippen molar-refractivity contribution in [3.05, 3.63) is 64.8 Å². The largest absolute Gasteiger partial charge is 0.493 e. The summed E-state index contributed by atoms with van der Waals surface area (Å²) < 4.78 is 10.6. The Kier molecular flexibility index (Phi) is 6.86. The number of ether oxygens (including phenoxy) is 2. The molecule has 2 N–H and O–H groups in total. The van der Waals surface area contributed by atoms with Crippen LogP contribution in [0, 0.1) is 0 Å². The molecule has 2 aromatic carbocycles. The van der Waals surface area contributed by atoms with Crippen molar-refractivity contribution in [1.82, 2.24) is 15.2 Å². The molecule has 28 heavy (non-hydrogen) atoms. The van der Waals surface area contributed by atoms with Gasteiger partial charge in [-0.3, -0.25) is 0 Å². The zero-order valence-corrected chi connectivity index (χ0v) is 16.5. The number of benzene rings is 2. The van der Waals surface area contributed by atoms with E-state index >= 15 is 0 Å². The molecule has 0 aliphatic rings. The van der Waals surface area contributed by atoms with Crippen LogP contribution in [0.2, 0.25) is 5.02 Å². The first-order valence-corrected chi connectivity index (χ1v) is 9.18. The fourth-order valence-electron chi connectivity index (χ4n) is 2.66. The van der Waals surface area contributed by atoms with Gasteiger partial charge in [-0.25, -0.2) is 0 Å². The van der Waals surface area contributed by atoms with Gasteiger partial charge in [0, 0.05) is 18.1 Å². The van der Waals surface area contributed by atoms with Gasteiger partial charge in [-0.05, 0) is 41.8 Å². The lowest BCUT2D eigenvalue weighted by Crippen LogP contribution is -2.10. The predicted molar refractivity (Wildman–Crippen MR) is 110 cm³/mol. The number of nitrogens with one attached hydrogen (secondary N) is 2. The molecule has 0 bridgehead atoms. The molecule has 1 heterocycles. The summed E-state index contributed by atoms with van der Waals surface area (Å²) >= 11 is 6.00. The van der Waals surface area contributed by atoms with Gasteiger partial charge in [0.2, 0.25) is 5.95 Å². The Morgan fingerprint density at radius 3 is 2.61 bits per heavy atom. The molecule has 7 nitrogen and oxygen atoms in total. The van der Waals surface area contributed by atoms with E-state index in [9.17, 15) is 0 Å². The summed E-state index contributed by atoms with van der Waals surface area (Å²) in [7, 11) is 3.23. The third kappa shape index (κ3) is 5.47. The smallest absolute Gasteiger partial charge is 0.244 e. The van der Waals surface area contributed by atoms with E-state index in [2.05, 4.69) is 25.8 Å². The summed E-state index contributed by atoms with van der Waals surface area (Å²) in [5, 5.41) is 15.2. The second kappa shape index (κ2) is 9.75. The number of hydrogen-bond donors (Lipinski definition) is 2. The molecule has 3 rings (SSSR count). The molecule has 0 atom stereocenters. The topological polar surface area (TPSA) is 81.2 Å². The van der Waals surface area contributed by atoms with Crippen LogP contribution in [-0.4, -0.2) is 35.9 Å². The molecule has 0 amide bonds. The van der Waals surface area contributed by atoms with Crippen LogP contribution < -0.4 is 20.1 Å². The molecule has 0 fully saturated rings. The molecule has 0 radical (unpaired) electrons. The number of methoxy groups -OCH3 is 2. The van der Waals surface area contributed by atoms with E-state index in [1.54, 1.807) is 20.4 Å². The normalized spacial score (nSPS) is 10.4. The molecule has 0 spiro atoms. The van der Waals surface area contributed by atoms with Crippen molar-refractivity contribution in [2.24, 2.45) is 0 Å². The van der Waals surface area contributed by atoms with Crippen LogP contribution in [0.15, 0.2) is 48.7 Å². The Balaban J connectivity index is 1.54. The molecule has 0 saturated heterocycles. The van der Waals surface area contributed by atoms with Crippen LogP contribution in [0.4, 0.5) is 11.8 Å². The molecule has 0 aliphatic heterocycles. The molecule has 8 heteroatoms. The van der Waals surface area contributed by atoms with Gasteiger partial charge in [-0.1, -0.05) is 29.8 Å². The summed E-state index contributed by atoms with van der Waals surface area (Å²) in [6.45, 7) is 1.25. The van der Waals surface area contributed by atoms with Crippen molar-refractivity contribution in [2.45, 2.75) is 13.0 Å². The van der Waals surface area contributed by atoms with E-state index in [0.717, 1.165) is 22.6 Å². The SMILES string of the molecule is COc1ccc(CNc2cnnc(NCCc3cccc(Cl)c3)n2)cc1OC. The minimum absolute atomic E-state index is 0.472. The van der Waals surface area contributed by atoms with Crippen LogP contribution in [0.5, 0.6) is 11.5 Å². The number of hydrogen-bond acceptors (Lipinski definition) is 7. The highest BCUT2D eigenvalue weighted by Crippen LogP contribution is 2.27. The van der Waals surface area contributed by atoms with E-state index in [-0.39, 0.29) is 0 Å². The van der Waals surface area contributed by atoms with E-state index in [1.807, 2.05) is 42.5 Å². The molecule has 0 aliphatic carbocycles. The van der Waals surface area contributed by atoms with Crippen LogP contribution in [0.25, 0.3) is 0 Å². The highest BCUT2D eigenvalue weighted by Gasteiger charge is 2.06. The van der Waals surface area contributed by atoms with E-state index in [4.69, 9.17) is 21.1 Å². The molecular formula is C20H22ClN5O2. The number of nitrogens with zero attached hydrogens (tertiary/aromatic N) is 3. The lowest BCUT2D eigenvalue weighted by molar-refractivity contribution is 0.354. The average molecular weight is 400 g/mol. The third-order valence-electron chi connectivity index (χ3n) is 4.07. The van der Waals surface area contributed by atoms with E-state index in [1.165, 1.54) is 0 Å². The highest BCUT2D eigenvalue weighted by molar-refractivity contribution is 6.30. The van der Waals surface area contributed by atoms with E-state index < -0.39 is 0 Å². The van der Waals surface area contributed by atoms with Gasteiger partial charge < -0.3 is 20.1 Å². The second-order valence-electron chi connectivity index (χ2n) is 6.01. The summed E-state index contributed by atoms with van der Waals surface area (Å²) in [6, 6.07) is 13.5. The number of anilines is 2. The zero-order valence-electron chi connectivity index (χ0n) is 15.8. The van der Waals surface area contributed by atoms with Gasteiger partial charge in [-0.15, -0.1) is 5.10 Å². The first-order valence-electron chi connectivity index (χ1n) is 8.81. The number of halogens is 1. The second-order valence-corrected chi connectivity index (χ2v) is 6.45. The van der Waals surface area contributed by atoms with Crippen LogP contribution in [0.1, 0.15) is 11.1 Å². The zero-order chi connectivity index (χ0) is 19.8. The summed E-state index contributed by atoms with van der Waals surface area (Å²) in [5.74, 6) is 2.49. The van der Waals surface area contributed by atoms with Crippen molar-refractivity contribution in [3.8, 4) is 11.5 Å². The highest BCUT2D eigenvalue weighted by atomic mass is 35.5. The molecular weight excluding hydrogens is 378 g/mol. The van der Waals surface area contributed by atoms with E-state index in [0.29, 0.717) is 36.4 Å². The maximum atomic E-state index is 6.00. The van der Waals surface area contributed by atoms with Crippen molar-refractivity contribution >= 4 is 23.4 Å². The quantitative estimate of drug-likeness (QED) is 0.566. The summed E-state index contributed by atoms with van der Waals surface area (Å²) in [5.41, 5.74) is 2.18. The van der Waals surface area contributed by atoms with Gasteiger partial charge in [0.05, 0.1) is 20.4 Å². The monoisotopic (exact) mass is 399 g/mol. The fourth-order valence-corrected chi connectivity index (χ4v) is 2.87. The fraction of sp³-hybridized carbons (Fsp3) is 0.250. The molecule has 0 unspecified atom stereocenters. The standard InChI is InChI=1S/C20H22ClN5O2/c1-27-17-7-6-15(11-18(17)28-2)12-23-19-13-24-26-20(25-19)22-9-8-14-4-3-5-16(21)10-14/h3-7,10-11,13H,8-9,12H2,1-2H3,(H2,22,23,25,26). The Bertz CT molecular complexity index is 923. The minimum atomic E-state index is 0.472. The average Bonchev–Trinajstić information content (AvgIpc) is 2.72. The summed E-state index contributed by atoms with van der Waals surface area (Å²) in [6.07, 6.45) is 2.40. The molecule has 146 valence electrons. The van der Waals surface area contributed by atoms with Crippen LogP contribution >= 0.6 is 11.6 Å². The van der Waals surface area contributed by atoms with Gasteiger partial charge in [0.15, 0.2) is 17.3 Å². The van der Waals surface area contributed by atoms with Crippen LogP contribution in [-0.2, 0) is 13.0 Å². The maximum absolute atomic E-state index is 6.00. The Morgan fingerprint density at radius 1 is 0.964 bits per heavy atom. The van der Waals surface area contributed by atoms with Gasteiger partial charge in [0.25, 0.3) is 0 Å². The van der Waals surface area contributed by atoms with Gasteiger partial charge in [-0.2, -0.15) is 10.1 Å². The Labute approximate surface area is 169 Å². The summed E-state index contributed by atoms with van der Waals surface area (Å²) in [4.78, 5) is 4.44. The molecule has 0 saturated carbocycles. The molecule has 1 aromatic heterocycles.